The highest BCUT2D eigenvalue weighted by Crippen LogP contribution is 2.28. The summed E-state index contributed by atoms with van der Waals surface area (Å²) in [5, 5.41) is 6.93. The zero-order chi connectivity index (χ0) is 15.2. The minimum absolute atomic E-state index is 0.307. The minimum atomic E-state index is 0.307. The van der Waals surface area contributed by atoms with E-state index in [0.29, 0.717) is 23.9 Å². The average molecular weight is 306 g/mol. The number of amides is 1. The summed E-state index contributed by atoms with van der Waals surface area (Å²) in [5.74, 6) is 1.95. The molecule has 3 fully saturated rings. The summed E-state index contributed by atoms with van der Waals surface area (Å²) < 4.78 is 0. The average Bonchev–Trinajstić information content (AvgIpc) is 2.99. The quantitative estimate of drug-likeness (QED) is 0.751. The van der Waals surface area contributed by atoms with Gasteiger partial charge in [0.25, 0.3) is 0 Å². The first-order valence-electron chi connectivity index (χ1n) is 9.82. The Labute approximate surface area is 136 Å². The second kappa shape index (κ2) is 8.33. The van der Waals surface area contributed by atoms with Crippen LogP contribution < -0.4 is 10.6 Å². The zero-order valence-corrected chi connectivity index (χ0v) is 14.1. The Morgan fingerprint density at radius 1 is 0.818 bits per heavy atom. The van der Waals surface area contributed by atoms with Gasteiger partial charge in [-0.05, 0) is 50.5 Å². The van der Waals surface area contributed by atoms with Gasteiger partial charge in [-0.1, -0.05) is 44.9 Å². The summed E-state index contributed by atoms with van der Waals surface area (Å²) in [7, 11) is 0. The highest BCUT2D eigenvalue weighted by molar-refractivity contribution is 5.76. The van der Waals surface area contributed by atoms with Gasteiger partial charge in [0.15, 0.2) is 0 Å². The maximum Gasteiger partial charge on any atom is 0.220 e. The molecule has 0 heterocycles. The molecule has 0 saturated heterocycles. The molecule has 3 saturated carbocycles. The van der Waals surface area contributed by atoms with Gasteiger partial charge in [-0.2, -0.15) is 0 Å². The molecule has 0 atom stereocenters. The molecule has 0 aliphatic heterocycles. The van der Waals surface area contributed by atoms with Crippen molar-refractivity contribution in [3.05, 3.63) is 0 Å². The van der Waals surface area contributed by atoms with Crippen molar-refractivity contribution in [1.29, 1.82) is 0 Å². The molecule has 3 aliphatic rings. The molecule has 0 aromatic heterocycles. The first-order chi connectivity index (χ1) is 10.8. The van der Waals surface area contributed by atoms with E-state index in [1.165, 1.54) is 70.8 Å². The second-order valence-electron chi connectivity index (χ2n) is 8.03. The lowest BCUT2D eigenvalue weighted by Gasteiger charge is -2.37. The Morgan fingerprint density at radius 3 is 2.18 bits per heavy atom. The van der Waals surface area contributed by atoms with Crippen LogP contribution in [0.25, 0.3) is 0 Å². The summed E-state index contributed by atoms with van der Waals surface area (Å²) in [5.41, 5.74) is 0. The van der Waals surface area contributed by atoms with Gasteiger partial charge in [-0.25, -0.2) is 0 Å². The smallest absolute Gasteiger partial charge is 0.220 e. The van der Waals surface area contributed by atoms with Crippen LogP contribution in [-0.4, -0.2) is 24.5 Å². The summed E-state index contributed by atoms with van der Waals surface area (Å²) in [6.07, 6.45) is 16.8. The van der Waals surface area contributed by atoms with Crippen LogP contribution in [0, 0.1) is 11.8 Å². The maximum atomic E-state index is 12.1. The van der Waals surface area contributed by atoms with Crippen LogP contribution in [0.3, 0.4) is 0 Å². The first kappa shape index (κ1) is 16.3. The van der Waals surface area contributed by atoms with Gasteiger partial charge >= 0.3 is 0 Å². The normalized spacial score (nSPS) is 30.2. The molecule has 0 radical (unpaired) electrons. The van der Waals surface area contributed by atoms with Gasteiger partial charge < -0.3 is 10.6 Å². The van der Waals surface area contributed by atoms with Crippen molar-refractivity contribution in [2.24, 2.45) is 11.8 Å². The highest BCUT2D eigenvalue weighted by Gasteiger charge is 2.30. The van der Waals surface area contributed by atoms with Crippen molar-refractivity contribution in [2.75, 3.05) is 6.54 Å². The monoisotopic (exact) mass is 306 g/mol. The van der Waals surface area contributed by atoms with Crippen LogP contribution in [0.2, 0.25) is 0 Å². The lowest BCUT2D eigenvalue weighted by Crippen LogP contribution is -2.52. The second-order valence-corrected chi connectivity index (χ2v) is 8.03. The fraction of sp³-hybridized carbons (Fsp3) is 0.947. The van der Waals surface area contributed by atoms with Gasteiger partial charge in [0.1, 0.15) is 0 Å². The predicted octanol–water partition coefficient (Wildman–Crippen LogP) is 3.77. The van der Waals surface area contributed by atoms with Crippen molar-refractivity contribution in [3.8, 4) is 0 Å². The molecule has 3 nitrogen and oxygen atoms in total. The molecule has 0 aromatic carbocycles. The number of nitrogens with one attached hydrogen (secondary N) is 2. The van der Waals surface area contributed by atoms with Gasteiger partial charge in [-0.3, -0.25) is 4.79 Å². The Morgan fingerprint density at radius 2 is 1.45 bits per heavy atom. The molecular formula is C19H34N2O. The van der Waals surface area contributed by atoms with E-state index in [1.54, 1.807) is 0 Å². The number of carbonyl (C=O) groups is 1. The molecule has 0 bridgehead atoms. The molecule has 3 rings (SSSR count). The van der Waals surface area contributed by atoms with Gasteiger partial charge in [0, 0.05) is 18.5 Å². The number of carbonyl (C=O) groups excluding carboxylic acids is 1. The molecule has 0 unspecified atom stereocenters. The number of rotatable bonds is 7. The van der Waals surface area contributed by atoms with Crippen molar-refractivity contribution in [3.63, 3.8) is 0 Å². The SMILES string of the molecule is O=C(CC1CCCCC1)N[C@H]1C[C@H](NCCC2CCCC2)C1. The molecule has 126 valence electrons. The zero-order valence-electron chi connectivity index (χ0n) is 14.1. The Balaban J connectivity index is 1.21. The number of hydrogen-bond acceptors (Lipinski definition) is 2. The lowest BCUT2D eigenvalue weighted by atomic mass is 9.84. The first-order valence-corrected chi connectivity index (χ1v) is 9.82. The Kier molecular flexibility index (Phi) is 6.17. The third kappa shape index (κ3) is 4.97. The van der Waals surface area contributed by atoms with Crippen LogP contribution in [-0.2, 0) is 4.79 Å². The summed E-state index contributed by atoms with van der Waals surface area (Å²) in [6.45, 7) is 1.18. The fourth-order valence-corrected chi connectivity index (χ4v) is 4.63. The van der Waals surface area contributed by atoms with Crippen molar-refractivity contribution >= 4 is 5.91 Å². The van der Waals surface area contributed by atoms with Crippen LogP contribution in [0.5, 0.6) is 0 Å². The maximum absolute atomic E-state index is 12.1. The predicted molar refractivity (Wildman–Crippen MR) is 90.7 cm³/mol. The van der Waals surface area contributed by atoms with Crippen molar-refractivity contribution < 1.29 is 4.79 Å². The summed E-state index contributed by atoms with van der Waals surface area (Å²) >= 11 is 0. The molecule has 22 heavy (non-hydrogen) atoms. The number of hydrogen-bond donors (Lipinski definition) is 2. The van der Waals surface area contributed by atoms with Gasteiger partial charge in [0.2, 0.25) is 5.91 Å². The van der Waals surface area contributed by atoms with Gasteiger partial charge in [-0.15, -0.1) is 0 Å². The molecule has 1 amide bonds. The third-order valence-corrected chi connectivity index (χ3v) is 6.16. The lowest BCUT2D eigenvalue weighted by molar-refractivity contribution is -0.123. The minimum Gasteiger partial charge on any atom is -0.353 e. The third-order valence-electron chi connectivity index (χ3n) is 6.16. The summed E-state index contributed by atoms with van der Waals surface area (Å²) in [4.78, 5) is 12.1. The van der Waals surface area contributed by atoms with Crippen LogP contribution >= 0.6 is 0 Å². The molecule has 0 spiro atoms. The largest absolute Gasteiger partial charge is 0.353 e. The molecule has 2 N–H and O–H groups in total. The van der Waals surface area contributed by atoms with E-state index < -0.39 is 0 Å². The summed E-state index contributed by atoms with van der Waals surface area (Å²) in [6, 6.07) is 1.10. The molecule has 3 aliphatic carbocycles. The van der Waals surface area contributed by atoms with Crippen LogP contribution in [0.15, 0.2) is 0 Å². The van der Waals surface area contributed by atoms with E-state index >= 15 is 0 Å². The van der Waals surface area contributed by atoms with E-state index in [2.05, 4.69) is 10.6 Å². The van der Waals surface area contributed by atoms with E-state index in [-0.39, 0.29) is 0 Å². The molecule has 3 heteroatoms. The van der Waals surface area contributed by atoms with E-state index in [4.69, 9.17) is 0 Å². The van der Waals surface area contributed by atoms with Crippen molar-refractivity contribution in [2.45, 2.75) is 95.6 Å². The topological polar surface area (TPSA) is 41.1 Å². The van der Waals surface area contributed by atoms with Crippen LogP contribution in [0.1, 0.15) is 83.5 Å². The highest BCUT2D eigenvalue weighted by atomic mass is 16.1. The standard InChI is InChI=1S/C19H34N2O/c22-19(12-16-8-2-1-3-9-16)21-18-13-17(14-18)20-11-10-15-6-4-5-7-15/h15-18,20H,1-14H2,(H,21,22)/t17-,18-. The van der Waals surface area contributed by atoms with E-state index in [1.807, 2.05) is 0 Å². The Bertz CT molecular complexity index is 339. The molecular weight excluding hydrogens is 272 g/mol. The van der Waals surface area contributed by atoms with E-state index in [9.17, 15) is 4.79 Å². The van der Waals surface area contributed by atoms with Crippen LogP contribution in [0.4, 0.5) is 0 Å². The van der Waals surface area contributed by atoms with Crippen molar-refractivity contribution in [1.82, 2.24) is 10.6 Å². The fourth-order valence-electron chi connectivity index (χ4n) is 4.63. The molecule has 0 aromatic rings. The van der Waals surface area contributed by atoms with Gasteiger partial charge in [0.05, 0.1) is 0 Å². The Hall–Kier alpha value is -0.570. The van der Waals surface area contributed by atoms with E-state index in [0.717, 1.165) is 25.2 Å².